The molecule has 3 nitrogen and oxygen atoms in total. The summed E-state index contributed by atoms with van der Waals surface area (Å²) in [7, 11) is 0. The van der Waals surface area contributed by atoms with Crippen LogP contribution in [0, 0.1) is 0 Å². The highest BCUT2D eigenvalue weighted by Crippen LogP contribution is 2.28. The van der Waals surface area contributed by atoms with Gasteiger partial charge in [-0.05, 0) is 23.8 Å². The number of rotatable bonds is 2. The number of ketones is 1. The van der Waals surface area contributed by atoms with Crippen LogP contribution in [0.5, 0.6) is 0 Å². The van der Waals surface area contributed by atoms with Crippen molar-refractivity contribution in [1.29, 1.82) is 0 Å². The van der Waals surface area contributed by atoms with E-state index in [1.54, 1.807) is 0 Å². The van der Waals surface area contributed by atoms with Gasteiger partial charge in [0.25, 0.3) is 0 Å². The maximum Gasteiger partial charge on any atom is 0.220 e. The molecular weight excluding hydrogens is 250 g/mol. The lowest BCUT2D eigenvalue weighted by atomic mass is 10.1. The summed E-state index contributed by atoms with van der Waals surface area (Å²) in [6.07, 6.45) is 0.714. The maximum absolute atomic E-state index is 12.5. The van der Waals surface area contributed by atoms with Gasteiger partial charge in [-0.1, -0.05) is 36.4 Å². The summed E-state index contributed by atoms with van der Waals surface area (Å²) in [5.74, 6) is 0.439. The van der Waals surface area contributed by atoms with Crippen molar-refractivity contribution in [3.63, 3.8) is 0 Å². The van der Waals surface area contributed by atoms with E-state index in [1.807, 2.05) is 54.6 Å². The molecular formula is C17H13NO2. The van der Waals surface area contributed by atoms with Crippen LogP contribution in [0.2, 0.25) is 0 Å². The fourth-order valence-electron chi connectivity index (χ4n) is 2.73. The van der Waals surface area contributed by atoms with Crippen LogP contribution in [0.25, 0.3) is 11.0 Å². The highest BCUT2D eigenvalue weighted by Gasteiger charge is 2.29. The van der Waals surface area contributed by atoms with Crippen LogP contribution in [-0.2, 0) is 6.42 Å². The number of benzene rings is 2. The number of para-hydroxylation sites is 2. The van der Waals surface area contributed by atoms with Crippen LogP contribution in [0.3, 0.4) is 0 Å². The third-order valence-corrected chi connectivity index (χ3v) is 3.76. The molecule has 20 heavy (non-hydrogen) atoms. The minimum atomic E-state index is -0.229. The minimum Gasteiger partial charge on any atom is -0.453 e. The van der Waals surface area contributed by atoms with Crippen LogP contribution in [-0.4, -0.2) is 11.8 Å². The summed E-state index contributed by atoms with van der Waals surface area (Å²) in [4.78, 5) is 12.5. The first kappa shape index (κ1) is 11.3. The molecule has 0 saturated carbocycles. The van der Waals surface area contributed by atoms with Crippen molar-refractivity contribution in [3.8, 4) is 0 Å². The number of hydrogen-bond donors (Lipinski definition) is 1. The number of Topliss-reactive ketones (excluding diaryl/α,β-unsaturated/α-hetero) is 1. The van der Waals surface area contributed by atoms with E-state index >= 15 is 0 Å². The molecule has 0 amide bonds. The van der Waals surface area contributed by atoms with Gasteiger partial charge < -0.3 is 9.73 Å². The van der Waals surface area contributed by atoms with Crippen LogP contribution in [0.4, 0.5) is 5.69 Å². The average molecular weight is 263 g/mol. The van der Waals surface area contributed by atoms with Crippen LogP contribution in [0.1, 0.15) is 16.1 Å². The molecule has 1 aliphatic heterocycles. The highest BCUT2D eigenvalue weighted by molar-refractivity contribution is 6.03. The van der Waals surface area contributed by atoms with Gasteiger partial charge in [0.15, 0.2) is 5.76 Å². The summed E-state index contributed by atoms with van der Waals surface area (Å²) in [5.41, 5.74) is 2.98. The fraction of sp³-hybridized carbons (Fsp3) is 0.118. The topological polar surface area (TPSA) is 42.2 Å². The Morgan fingerprint density at radius 2 is 1.90 bits per heavy atom. The molecule has 0 fully saturated rings. The van der Waals surface area contributed by atoms with E-state index in [9.17, 15) is 4.79 Å². The lowest BCUT2D eigenvalue weighted by Gasteiger charge is -2.07. The fourth-order valence-corrected chi connectivity index (χ4v) is 2.73. The third-order valence-electron chi connectivity index (χ3n) is 3.76. The van der Waals surface area contributed by atoms with Gasteiger partial charge in [-0.2, -0.15) is 0 Å². The molecule has 98 valence electrons. The van der Waals surface area contributed by atoms with Crippen LogP contribution < -0.4 is 5.32 Å². The standard InChI is InChI=1S/C17H13NO2/c19-17(14-9-11-5-1-3-7-13(11)18-14)16-10-12-6-2-4-8-15(12)20-16/h1-8,10,14,18H,9H2. The van der Waals surface area contributed by atoms with Crippen LogP contribution >= 0.6 is 0 Å². The molecule has 3 heteroatoms. The molecule has 2 aromatic carbocycles. The summed E-state index contributed by atoms with van der Waals surface area (Å²) < 4.78 is 5.65. The zero-order valence-corrected chi connectivity index (χ0v) is 10.8. The summed E-state index contributed by atoms with van der Waals surface area (Å²) in [5, 5.41) is 4.23. The Bertz CT molecular complexity index is 745. The zero-order valence-electron chi connectivity index (χ0n) is 10.8. The smallest absolute Gasteiger partial charge is 0.220 e. The van der Waals surface area contributed by atoms with Gasteiger partial charge in [0.2, 0.25) is 5.78 Å². The molecule has 1 aliphatic rings. The molecule has 0 saturated heterocycles. The largest absolute Gasteiger partial charge is 0.453 e. The SMILES string of the molecule is O=C(c1cc2ccccc2o1)C1Cc2ccccc2N1. The van der Waals surface area contributed by atoms with Gasteiger partial charge in [-0.15, -0.1) is 0 Å². The number of hydrogen-bond acceptors (Lipinski definition) is 3. The number of carbonyl (C=O) groups excluding carboxylic acids is 1. The molecule has 0 aliphatic carbocycles. The Morgan fingerprint density at radius 3 is 2.75 bits per heavy atom. The number of furan rings is 1. The number of fused-ring (bicyclic) bond motifs is 2. The van der Waals surface area contributed by atoms with E-state index in [4.69, 9.17) is 4.42 Å². The first-order valence-electron chi connectivity index (χ1n) is 6.68. The maximum atomic E-state index is 12.5. The molecule has 0 radical (unpaired) electrons. The van der Waals surface area contributed by atoms with Crippen LogP contribution in [0.15, 0.2) is 59.0 Å². The first-order valence-corrected chi connectivity index (χ1v) is 6.68. The van der Waals surface area contributed by atoms with Gasteiger partial charge in [-0.25, -0.2) is 0 Å². The normalized spacial score (nSPS) is 16.9. The van der Waals surface area contributed by atoms with Crippen molar-refractivity contribution < 1.29 is 9.21 Å². The lowest BCUT2D eigenvalue weighted by Crippen LogP contribution is -2.26. The number of anilines is 1. The third kappa shape index (κ3) is 1.71. The summed E-state index contributed by atoms with van der Waals surface area (Å²) in [6.45, 7) is 0. The summed E-state index contributed by atoms with van der Waals surface area (Å²) in [6, 6.07) is 17.3. The molecule has 0 bridgehead atoms. The molecule has 2 heterocycles. The molecule has 1 aromatic heterocycles. The second-order valence-corrected chi connectivity index (χ2v) is 5.07. The Kier molecular flexibility index (Phi) is 2.39. The summed E-state index contributed by atoms with van der Waals surface area (Å²) >= 11 is 0. The lowest BCUT2D eigenvalue weighted by molar-refractivity contribution is 0.0947. The monoisotopic (exact) mass is 263 g/mol. The molecule has 1 atom stereocenters. The van der Waals surface area contributed by atoms with E-state index in [-0.39, 0.29) is 11.8 Å². The van der Waals surface area contributed by atoms with E-state index < -0.39 is 0 Å². The van der Waals surface area contributed by atoms with E-state index in [2.05, 4.69) is 5.32 Å². The zero-order chi connectivity index (χ0) is 13.5. The molecule has 1 unspecified atom stereocenters. The molecule has 0 spiro atoms. The first-order chi connectivity index (χ1) is 9.81. The minimum absolute atomic E-state index is 0.0115. The van der Waals surface area contributed by atoms with Gasteiger partial charge >= 0.3 is 0 Å². The Labute approximate surface area is 116 Å². The Hall–Kier alpha value is -2.55. The van der Waals surface area contributed by atoms with Crippen molar-refractivity contribution in [2.24, 2.45) is 0 Å². The Morgan fingerprint density at radius 1 is 1.10 bits per heavy atom. The second-order valence-electron chi connectivity index (χ2n) is 5.07. The second kappa shape index (κ2) is 4.23. The van der Waals surface area contributed by atoms with Crippen molar-refractivity contribution in [1.82, 2.24) is 0 Å². The predicted molar refractivity (Wildman–Crippen MR) is 78.1 cm³/mol. The van der Waals surface area contributed by atoms with Crippen molar-refractivity contribution >= 4 is 22.4 Å². The number of carbonyl (C=O) groups is 1. The quantitative estimate of drug-likeness (QED) is 0.717. The molecule has 1 N–H and O–H groups in total. The van der Waals surface area contributed by atoms with Crippen molar-refractivity contribution in [3.05, 3.63) is 65.9 Å². The van der Waals surface area contributed by atoms with Crippen molar-refractivity contribution in [2.45, 2.75) is 12.5 Å². The average Bonchev–Trinajstić information content (AvgIpc) is 3.10. The van der Waals surface area contributed by atoms with Gasteiger partial charge in [0, 0.05) is 17.5 Å². The van der Waals surface area contributed by atoms with Gasteiger partial charge in [-0.3, -0.25) is 4.79 Å². The van der Waals surface area contributed by atoms with E-state index in [1.165, 1.54) is 5.56 Å². The van der Waals surface area contributed by atoms with Gasteiger partial charge in [0.1, 0.15) is 5.58 Å². The van der Waals surface area contributed by atoms with E-state index in [0.717, 1.165) is 16.7 Å². The Balaban J connectivity index is 1.65. The molecule has 4 rings (SSSR count). The number of nitrogens with one attached hydrogen (secondary N) is 1. The van der Waals surface area contributed by atoms with Crippen molar-refractivity contribution in [2.75, 3.05) is 5.32 Å². The predicted octanol–water partition coefficient (Wildman–Crippen LogP) is 3.65. The molecule has 3 aromatic rings. The highest BCUT2D eigenvalue weighted by atomic mass is 16.3. The van der Waals surface area contributed by atoms with Gasteiger partial charge in [0.05, 0.1) is 6.04 Å². The van der Waals surface area contributed by atoms with E-state index in [0.29, 0.717) is 12.2 Å².